The predicted octanol–water partition coefficient (Wildman–Crippen LogP) is 6.36. The van der Waals surface area contributed by atoms with Crippen molar-refractivity contribution in [2.75, 3.05) is 18.4 Å². The van der Waals surface area contributed by atoms with Gasteiger partial charge < -0.3 is 10.2 Å². The van der Waals surface area contributed by atoms with Crippen LogP contribution in [0.25, 0.3) is 5.69 Å². The molecule has 0 unspecified atom stereocenters. The molecule has 182 valence electrons. The van der Waals surface area contributed by atoms with Gasteiger partial charge in [-0.1, -0.05) is 84.0 Å². The molecule has 33 heavy (non-hydrogen) atoms. The standard InChI is InChI=1S/C26H39ClN4O2/c1-6-8-9-10-11-16-25(33)30(17-7-2)19-24(32)28-23-18-22(26(3,4)5)29-31(23)21-15-13-12-14-20(21)27/h12-15,18H,6-11,16-17,19H2,1-5H3,(H,28,32). The molecule has 0 bridgehead atoms. The first-order chi connectivity index (χ1) is 15.7. The predicted molar refractivity (Wildman–Crippen MR) is 136 cm³/mol. The quantitative estimate of drug-likeness (QED) is 0.364. The summed E-state index contributed by atoms with van der Waals surface area (Å²) in [5.41, 5.74) is 1.33. The van der Waals surface area contributed by atoms with Crippen LogP contribution in [0.4, 0.5) is 5.82 Å². The Kier molecular flexibility index (Phi) is 10.4. The lowest BCUT2D eigenvalue weighted by Crippen LogP contribution is -2.38. The second-order valence-electron chi connectivity index (χ2n) is 9.56. The Morgan fingerprint density at radius 1 is 1.06 bits per heavy atom. The summed E-state index contributed by atoms with van der Waals surface area (Å²) in [6.45, 7) is 11.0. The average molecular weight is 475 g/mol. The smallest absolute Gasteiger partial charge is 0.245 e. The van der Waals surface area contributed by atoms with E-state index in [4.69, 9.17) is 16.7 Å². The third-order valence-corrected chi connectivity index (χ3v) is 5.82. The van der Waals surface area contributed by atoms with E-state index >= 15 is 0 Å². The minimum absolute atomic E-state index is 0.0280. The Morgan fingerprint density at radius 3 is 2.39 bits per heavy atom. The van der Waals surface area contributed by atoms with Crippen molar-refractivity contribution in [3.63, 3.8) is 0 Å². The number of carbonyl (C=O) groups excluding carboxylic acids is 2. The molecular weight excluding hydrogens is 436 g/mol. The first-order valence-electron chi connectivity index (χ1n) is 12.1. The van der Waals surface area contributed by atoms with Crippen LogP contribution in [0.1, 0.15) is 85.3 Å². The van der Waals surface area contributed by atoms with Gasteiger partial charge in [-0.05, 0) is 25.0 Å². The summed E-state index contributed by atoms with van der Waals surface area (Å²) in [6, 6.07) is 9.27. The van der Waals surface area contributed by atoms with Crippen LogP contribution in [0.5, 0.6) is 0 Å². The van der Waals surface area contributed by atoms with Crippen molar-refractivity contribution in [2.24, 2.45) is 0 Å². The van der Waals surface area contributed by atoms with Crippen LogP contribution < -0.4 is 5.32 Å². The molecule has 0 fully saturated rings. The highest BCUT2D eigenvalue weighted by molar-refractivity contribution is 6.32. The molecular formula is C26H39ClN4O2. The topological polar surface area (TPSA) is 67.2 Å². The van der Waals surface area contributed by atoms with E-state index in [1.54, 1.807) is 15.6 Å². The van der Waals surface area contributed by atoms with E-state index in [-0.39, 0.29) is 23.8 Å². The summed E-state index contributed by atoms with van der Waals surface area (Å²) in [5, 5.41) is 8.23. The minimum Gasteiger partial charge on any atom is -0.333 e. The van der Waals surface area contributed by atoms with Crippen molar-refractivity contribution in [1.82, 2.24) is 14.7 Å². The molecule has 1 heterocycles. The number of nitrogens with one attached hydrogen (secondary N) is 1. The van der Waals surface area contributed by atoms with Crippen LogP contribution in [0, 0.1) is 0 Å². The number of hydrogen-bond donors (Lipinski definition) is 1. The Bertz CT molecular complexity index is 917. The molecule has 6 nitrogen and oxygen atoms in total. The highest BCUT2D eigenvalue weighted by Gasteiger charge is 2.23. The number of nitrogens with zero attached hydrogens (tertiary/aromatic N) is 3. The first kappa shape index (κ1) is 26.9. The molecule has 0 saturated heterocycles. The van der Waals surface area contributed by atoms with E-state index in [9.17, 15) is 9.59 Å². The van der Waals surface area contributed by atoms with Gasteiger partial charge in [-0.25, -0.2) is 4.68 Å². The largest absolute Gasteiger partial charge is 0.333 e. The summed E-state index contributed by atoms with van der Waals surface area (Å²) in [5.74, 6) is 0.344. The van der Waals surface area contributed by atoms with Crippen molar-refractivity contribution in [1.29, 1.82) is 0 Å². The molecule has 2 amide bonds. The Morgan fingerprint density at radius 2 is 1.76 bits per heavy atom. The van der Waals surface area contributed by atoms with Gasteiger partial charge in [0.1, 0.15) is 5.82 Å². The van der Waals surface area contributed by atoms with Gasteiger partial charge in [0, 0.05) is 24.4 Å². The highest BCUT2D eigenvalue weighted by atomic mass is 35.5. The van der Waals surface area contributed by atoms with E-state index in [1.165, 1.54) is 12.8 Å². The summed E-state index contributed by atoms with van der Waals surface area (Å²) >= 11 is 6.41. The molecule has 2 rings (SSSR count). The molecule has 1 N–H and O–H groups in total. The van der Waals surface area contributed by atoms with Crippen LogP contribution in [-0.2, 0) is 15.0 Å². The number of anilines is 1. The van der Waals surface area contributed by atoms with Crippen molar-refractivity contribution < 1.29 is 9.59 Å². The summed E-state index contributed by atoms with van der Waals surface area (Å²) in [7, 11) is 0. The number of hydrogen-bond acceptors (Lipinski definition) is 3. The molecule has 0 aliphatic heterocycles. The first-order valence-corrected chi connectivity index (χ1v) is 12.5. The fourth-order valence-corrected chi connectivity index (χ4v) is 3.82. The van der Waals surface area contributed by atoms with Crippen molar-refractivity contribution >= 4 is 29.2 Å². The van der Waals surface area contributed by atoms with Gasteiger partial charge in [0.15, 0.2) is 0 Å². The summed E-state index contributed by atoms with van der Waals surface area (Å²) in [4.78, 5) is 27.4. The average Bonchev–Trinajstić information content (AvgIpc) is 3.17. The van der Waals surface area contributed by atoms with Gasteiger partial charge in [0.05, 0.1) is 22.9 Å². The molecule has 1 aromatic heterocycles. The number of aromatic nitrogens is 2. The molecule has 2 aromatic rings. The minimum atomic E-state index is -0.239. The maximum absolute atomic E-state index is 13.0. The van der Waals surface area contributed by atoms with Gasteiger partial charge in [-0.3, -0.25) is 9.59 Å². The zero-order valence-corrected chi connectivity index (χ0v) is 21.5. The van der Waals surface area contributed by atoms with E-state index in [0.717, 1.165) is 31.4 Å². The number of halogens is 1. The normalized spacial score (nSPS) is 11.5. The Hall–Kier alpha value is -2.34. The molecule has 1 aromatic carbocycles. The molecule has 0 spiro atoms. The van der Waals surface area contributed by atoms with Gasteiger partial charge in [0.2, 0.25) is 11.8 Å². The number of benzene rings is 1. The third kappa shape index (κ3) is 8.18. The SMILES string of the molecule is CCCCCCCC(=O)N(CCC)CC(=O)Nc1cc(C(C)(C)C)nn1-c1ccccc1Cl. The van der Waals surface area contributed by atoms with Crippen LogP contribution in [0.2, 0.25) is 5.02 Å². The fourth-order valence-electron chi connectivity index (χ4n) is 3.60. The van der Waals surface area contributed by atoms with Crippen LogP contribution >= 0.6 is 11.6 Å². The zero-order valence-electron chi connectivity index (χ0n) is 20.8. The van der Waals surface area contributed by atoms with Gasteiger partial charge in [0.25, 0.3) is 0 Å². The van der Waals surface area contributed by atoms with Crippen molar-refractivity contribution in [2.45, 2.75) is 85.0 Å². The zero-order chi connectivity index (χ0) is 24.4. The molecule has 0 atom stereocenters. The van der Waals surface area contributed by atoms with E-state index in [1.807, 2.05) is 31.2 Å². The van der Waals surface area contributed by atoms with Crippen LogP contribution in [-0.4, -0.2) is 39.6 Å². The lowest BCUT2D eigenvalue weighted by molar-refractivity contribution is -0.134. The fraction of sp³-hybridized carbons (Fsp3) is 0.577. The van der Waals surface area contributed by atoms with E-state index in [2.05, 4.69) is 33.0 Å². The Balaban J connectivity index is 2.14. The molecule has 7 heteroatoms. The van der Waals surface area contributed by atoms with Crippen LogP contribution in [0.3, 0.4) is 0 Å². The number of unbranched alkanes of at least 4 members (excludes halogenated alkanes) is 4. The lowest BCUT2D eigenvalue weighted by atomic mass is 9.92. The van der Waals surface area contributed by atoms with Gasteiger partial charge in [-0.2, -0.15) is 5.10 Å². The van der Waals surface area contributed by atoms with Gasteiger partial charge >= 0.3 is 0 Å². The maximum Gasteiger partial charge on any atom is 0.245 e. The second-order valence-corrected chi connectivity index (χ2v) is 9.96. The van der Waals surface area contributed by atoms with Crippen molar-refractivity contribution in [3.8, 4) is 5.69 Å². The maximum atomic E-state index is 13.0. The number of rotatable bonds is 12. The van der Waals surface area contributed by atoms with Gasteiger partial charge in [-0.15, -0.1) is 0 Å². The monoisotopic (exact) mass is 474 g/mol. The molecule has 0 aliphatic carbocycles. The molecule has 0 saturated carbocycles. The van der Waals surface area contributed by atoms with Crippen LogP contribution in [0.15, 0.2) is 30.3 Å². The Labute approximate surface area is 203 Å². The number of amides is 2. The van der Waals surface area contributed by atoms with E-state index in [0.29, 0.717) is 29.5 Å². The van der Waals surface area contributed by atoms with Crippen molar-refractivity contribution in [3.05, 3.63) is 41.0 Å². The number of carbonyl (C=O) groups is 2. The number of para-hydroxylation sites is 1. The highest BCUT2D eigenvalue weighted by Crippen LogP contribution is 2.29. The molecule has 0 radical (unpaired) electrons. The summed E-state index contributed by atoms with van der Waals surface area (Å²) in [6.07, 6.45) is 6.75. The second kappa shape index (κ2) is 12.8. The summed E-state index contributed by atoms with van der Waals surface area (Å²) < 4.78 is 1.67. The molecule has 0 aliphatic rings. The third-order valence-electron chi connectivity index (χ3n) is 5.50. The lowest BCUT2D eigenvalue weighted by Gasteiger charge is -2.22. The van der Waals surface area contributed by atoms with E-state index < -0.39 is 0 Å².